The molecule has 0 unspecified atom stereocenters. The molecule has 0 radical (unpaired) electrons. The number of halogens is 1. The summed E-state index contributed by atoms with van der Waals surface area (Å²) in [6.07, 6.45) is 0.753. The van der Waals surface area contributed by atoms with Gasteiger partial charge in [0.05, 0.1) is 5.56 Å². The number of benzene rings is 1. The Labute approximate surface area is 161 Å². The highest BCUT2D eigenvalue weighted by molar-refractivity contribution is 7.17. The number of carbonyl (C=O) groups is 2. The minimum Gasteiger partial charge on any atom is -0.365 e. The van der Waals surface area contributed by atoms with E-state index in [9.17, 15) is 9.59 Å². The van der Waals surface area contributed by atoms with Crippen LogP contribution in [0.5, 0.6) is 0 Å². The summed E-state index contributed by atoms with van der Waals surface area (Å²) in [7, 11) is 0. The molecule has 0 bridgehead atoms. The van der Waals surface area contributed by atoms with Gasteiger partial charge in [-0.1, -0.05) is 11.6 Å². The number of urea groups is 1. The standard InChI is InChI=1S/C18H21ClN4O2S/c1-10(2)23-8-7-13-14(9-23)26-17(15(13)16(20)24)22-18(25)21-12-5-3-11(19)4-6-12/h3-6,10H,7-9H2,1-2H3,(H2,20,24)(H2,21,22,25). The lowest BCUT2D eigenvalue weighted by molar-refractivity contribution is 0.0999. The maximum atomic E-state index is 12.3. The van der Waals surface area contributed by atoms with Crippen LogP contribution in [-0.2, 0) is 13.0 Å². The van der Waals surface area contributed by atoms with E-state index in [1.54, 1.807) is 24.3 Å². The maximum Gasteiger partial charge on any atom is 0.324 e. The molecule has 8 heteroatoms. The van der Waals surface area contributed by atoms with E-state index in [0.29, 0.717) is 27.3 Å². The molecule has 26 heavy (non-hydrogen) atoms. The summed E-state index contributed by atoms with van der Waals surface area (Å²) in [5.74, 6) is -0.512. The molecule has 0 saturated heterocycles. The Morgan fingerprint density at radius 3 is 2.54 bits per heavy atom. The van der Waals surface area contributed by atoms with Crippen LogP contribution in [-0.4, -0.2) is 29.4 Å². The van der Waals surface area contributed by atoms with E-state index in [4.69, 9.17) is 17.3 Å². The van der Waals surface area contributed by atoms with E-state index < -0.39 is 11.9 Å². The molecule has 0 atom stereocenters. The van der Waals surface area contributed by atoms with Crippen molar-refractivity contribution < 1.29 is 9.59 Å². The van der Waals surface area contributed by atoms with Crippen molar-refractivity contribution in [3.8, 4) is 0 Å². The van der Waals surface area contributed by atoms with Gasteiger partial charge in [-0.05, 0) is 50.1 Å². The summed E-state index contributed by atoms with van der Waals surface area (Å²) in [6, 6.07) is 6.79. The smallest absolute Gasteiger partial charge is 0.324 e. The molecule has 1 aliphatic heterocycles. The quantitative estimate of drug-likeness (QED) is 0.737. The van der Waals surface area contributed by atoms with Gasteiger partial charge in [0.25, 0.3) is 5.91 Å². The van der Waals surface area contributed by atoms with Crippen LogP contribution in [0, 0.1) is 0 Å². The molecule has 1 aliphatic rings. The fraction of sp³-hybridized carbons (Fsp3) is 0.333. The molecule has 0 fully saturated rings. The molecule has 2 heterocycles. The Morgan fingerprint density at radius 2 is 1.92 bits per heavy atom. The van der Waals surface area contributed by atoms with Crippen molar-refractivity contribution in [3.63, 3.8) is 0 Å². The lowest BCUT2D eigenvalue weighted by Gasteiger charge is -2.30. The molecule has 2 aromatic rings. The highest BCUT2D eigenvalue weighted by Crippen LogP contribution is 2.37. The fourth-order valence-electron chi connectivity index (χ4n) is 3.01. The third-order valence-electron chi connectivity index (χ3n) is 4.39. The number of hydrogen-bond donors (Lipinski definition) is 3. The third kappa shape index (κ3) is 4.00. The molecular weight excluding hydrogens is 372 g/mol. The topological polar surface area (TPSA) is 87.5 Å². The third-order valence-corrected chi connectivity index (χ3v) is 5.78. The molecule has 3 rings (SSSR count). The highest BCUT2D eigenvalue weighted by atomic mass is 35.5. The van der Waals surface area contributed by atoms with Gasteiger partial charge in [0.2, 0.25) is 0 Å². The zero-order chi connectivity index (χ0) is 18.8. The van der Waals surface area contributed by atoms with E-state index >= 15 is 0 Å². The first-order chi connectivity index (χ1) is 12.3. The SMILES string of the molecule is CC(C)N1CCc2c(sc(NC(=O)Nc3ccc(Cl)cc3)c2C(N)=O)C1. The molecule has 4 N–H and O–H groups in total. The number of primary amides is 1. The molecule has 3 amide bonds. The maximum absolute atomic E-state index is 12.3. The summed E-state index contributed by atoms with van der Waals surface area (Å²) in [5, 5.41) is 6.59. The number of hydrogen-bond acceptors (Lipinski definition) is 4. The number of thiophene rings is 1. The van der Waals surface area contributed by atoms with Gasteiger partial charge in [-0.2, -0.15) is 0 Å². The predicted octanol–water partition coefficient (Wildman–Crippen LogP) is 3.91. The predicted molar refractivity (Wildman–Crippen MR) is 106 cm³/mol. The first kappa shape index (κ1) is 18.7. The van der Waals surface area contributed by atoms with Gasteiger partial charge in [-0.25, -0.2) is 4.79 Å². The Morgan fingerprint density at radius 1 is 1.23 bits per heavy atom. The number of anilines is 2. The van der Waals surface area contributed by atoms with Gasteiger partial charge < -0.3 is 11.1 Å². The summed E-state index contributed by atoms with van der Waals surface area (Å²) < 4.78 is 0. The zero-order valence-electron chi connectivity index (χ0n) is 14.6. The van der Waals surface area contributed by atoms with Crippen molar-refractivity contribution in [1.29, 1.82) is 0 Å². The molecular formula is C18H21ClN4O2S. The number of rotatable bonds is 4. The number of nitrogens with two attached hydrogens (primary N) is 1. The lowest BCUT2D eigenvalue weighted by Crippen LogP contribution is -2.35. The van der Waals surface area contributed by atoms with Crippen LogP contribution in [0.2, 0.25) is 5.02 Å². The van der Waals surface area contributed by atoms with Crippen LogP contribution in [0.4, 0.5) is 15.5 Å². The Bertz CT molecular complexity index is 832. The Balaban J connectivity index is 1.80. The van der Waals surface area contributed by atoms with Crippen LogP contribution < -0.4 is 16.4 Å². The first-order valence-electron chi connectivity index (χ1n) is 8.37. The Hall–Kier alpha value is -2.09. The number of amides is 3. The number of nitrogens with zero attached hydrogens (tertiary/aromatic N) is 1. The summed E-state index contributed by atoms with van der Waals surface area (Å²) >= 11 is 7.26. The van der Waals surface area contributed by atoms with Crippen molar-refractivity contribution in [2.45, 2.75) is 32.9 Å². The van der Waals surface area contributed by atoms with Gasteiger partial charge in [-0.15, -0.1) is 11.3 Å². The average Bonchev–Trinajstić information content (AvgIpc) is 2.93. The van der Waals surface area contributed by atoms with Crippen LogP contribution in [0.15, 0.2) is 24.3 Å². The van der Waals surface area contributed by atoms with E-state index in [1.165, 1.54) is 11.3 Å². The summed E-state index contributed by atoms with van der Waals surface area (Å²) in [5.41, 5.74) is 7.59. The molecule has 0 aliphatic carbocycles. The van der Waals surface area contributed by atoms with E-state index in [0.717, 1.165) is 30.0 Å². The van der Waals surface area contributed by atoms with E-state index in [2.05, 4.69) is 29.4 Å². The fourth-order valence-corrected chi connectivity index (χ4v) is 4.41. The van der Waals surface area contributed by atoms with Crippen LogP contribution in [0.25, 0.3) is 0 Å². The van der Waals surface area contributed by atoms with Crippen molar-refractivity contribution in [1.82, 2.24) is 4.90 Å². The number of nitrogens with one attached hydrogen (secondary N) is 2. The Kier molecular flexibility index (Phi) is 5.50. The number of fused-ring (bicyclic) bond motifs is 1. The van der Waals surface area contributed by atoms with Gasteiger partial charge >= 0.3 is 6.03 Å². The van der Waals surface area contributed by atoms with Gasteiger partial charge in [0, 0.05) is 34.7 Å². The minimum absolute atomic E-state index is 0.422. The lowest BCUT2D eigenvalue weighted by atomic mass is 10.0. The van der Waals surface area contributed by atoms with Crippen molar-refractivity contribution in [2.24, 2.45) is 5.73 Å². The second-order valence-electron chi connectivity index (χ2n) is 6.47. The second-order valence-corrected chi connectivity index (χ2v) is 8.01. The normalized spacial score (nSPS) is 14.2. The van der Waals surface area contributed by atoms with Crippen LogP contribution in [0.1, 0.15) is 34.6 Å². The van der Waals surface area contributed by atoms with Gasteiger partial charge in [-0.3, -0.25) is 15.0 Å². The van der Waals surface area contributed by atoms with E-state index in [1.807, 2.05) is 0 Å². The van der Waals surface area contributed by atoms with Crippen molar-refractivity contribution >= 4 is 45.6 Å². The monoisotopic (exact) mass is 392 g/mol. The average molecular weight is 393 g/mol. The van der Waals surface area contributed by atoms with Crippen molar-refractivity contribution in [2.75, 3.05) is 17.2 Å². The summed E-state index contributed by atoms with van der Waals surface area (Å²) in [6.45, 7) is 5.93. The molecule has 138 valence electrons. The molecule has 0 saturated carbocycles. The van der Waals surface area contributed by atoms with E-state index in [-0.39, 0.29) is 0 Å². The highest BCUT2D eigenvalue weighted by Gasteiger charge is 2.28. The van der Waals surface area contributed by atoms with Crippen molar-refractivity contribution in [3.05, 3.63) is 45.3 Å². The summed E-state index contributed by atoms with van der Waals surface area (Å²) in [4.78, 5) is 27.7. The van der Waals surface area contributed by atoms with Crippen LogP contribution >= 0.6 is 22.9 Å². The molecule has 6 nitrogen and oxygen atoms in total. The first-order valence-corrected chi connectivity index (χ1v) is 9.56. The zero-order valence-corrected chi connectivity index (χ0v) is 16.2. The molecule has 1 aromatic carbocycles. The molecule has 1 aromatic heterocycles. The van der Waals surface area contributed by atoms with Gasteiger partial charge in [0.1, 0.15) is 5.00 Å². The minimum atomic E-state index is -0.512. The van der Waals surface area contributed by atoms with Gasteiger partial charge in [0.15, 0.2) is 0 Å². The largest absolute Gasteiger partial charge is 0.365 e. The molecule has 0 spiro atoms. The number of carbonyl (C=O) groups excluding carboxylic acids is 2. The second kappa shape index (κ2) is 7.65. The van der Waals surface area contributed by atoms with Crippen LogP contribution in [0.3, 0.4) is 0 Å².